The Kier molecular flexibility index (Phi) is 4.30. The van der Waals surface area contributed by atoms with Crippen LogP contribution in [0, 0.1) is 0 Å². The van der Waals surface area contributed by atoms with Crippen LogP contribution in [0.4, 0.5) is 0 Å². The van der Waals surface area contributed by atoms with E-state index in [9.17, 15) is 23.1 Å². The summed E-state index contributed by atoms with van der Waals surface area (Å²) < 4.78 is 26.0. The molecular formula is C19H21NO5S. The Labute approximate surface area is 152 Å². The van der Waals surface area contributed by atoms with Gasteiger partial charge in [0.15, 0.2) is 9.84 Å². The van der Waals surface area contributed by atoms with Crippen molar-refractivity contribution >= 4 is 21.6 Å². The minimum atomic E-state index is -3.57. The maximum absolute atomic E-state index is 12.9. The Balaban J connectivity index is 2.00. The van der Waals surface area contributed by atoms with Crippen molar-refractivity contribution in [1.82, 2.24) is 4.57 Å². The first kappa shape index (κ1) is 18.4. The molecule has 1 atom stereocenters. The predicted octanol–water partition coefficient (Wildman–Crippen LogP) is 2.86. The summed E-state index contributed by atoms with van der Waals surface area (Å²) in [6.07, 6.45) is 0.449. The van der Waals surface area contributed by atoms with Gasteiger partial charge >= 0.3 is 5.97 Å². The fourth-order valence-electron chi connectivity index (χ4n) is 3.20. The van der Waals surface area contributed by atoms with Crippen molar-refractivity contribution in [3.05, 3.63) is 53.3 Å². The fraction of sp³-hybridized carbons (Fsp3) is 0.368. The second-order valence-electron chi connectivity index (χ2n) is 7.45. The van der Waals surface area contributed by atoms with Gasteiger partial charge in [-0.15, -0.1) is 0 Å². The first-order valence-electron chi connectivity index (χ1n) is 8.35. The fourth-order valence-corrected chi connectivity index (χ4v) is 4.44. The van der Waals surface area contributed by atoms with Crippen LogP contribution in [0.5, 0.6) is 0 Å². The van der Waals surface area contributed by atoms with Gasteiger partial charge in [-0.25, -0.2) is 8.42 Å². The van der Waals surface area contributed by atoms with E-state index in [1.807, 2.05) is 0 Å². The zero-order valence-electron chi connectivity index (χ0n) is 14.9. The minimum absolute atomic E-state index is 0.104. The molecule has 0 bridgehead atoms. The number of hydrogen-bond acceptors (Lipinski definition) is 4. The maximum atomic E-state index is 12.9. The Hall–Kier alpha value is -2.41. The average Bonchev–Trinajstić information content (AvgIpc) is 3.14. The molecule has 138 valence electrons. The molecule has 0 saturated heterocycles. The lowest BCUT2D eigenvalue weighted by Crippen LogP contribution is -2.28. The topological polar surface area (TPSA) is 93.4 Å². The summed E-state index contributed by atoms with van der Waals surface area (Å²) in [6.45, 7) is 5.30. The van der Waals surface area contributed by atoms with Crippen molar-refractivity contribution in [2.24, 2.45) is 0 Å². The van der Waals surface area contributed by atoms with Gasteiger partial charge in [-0.3, -0.25) is 9.59 Å². The molecule has 1 aliphatic heterocycles. The van der Waals surface area contributed by atoms with E-state index in [0.29, 0.717) is 24.4 Å². The molecule has 0 saturated carbocycles. The van der Waals surface area contributed by atoms with Gasteiger partial charge in [-0.1, -0.05) is 12.1 Å². The Morgan fingerprint density at radius 1 is 1.15 bits per heavy atom. The highest BCUT2D eigenvalue weighted by molar-refractivity contribution is 7.92. The van der Waals surface area contributed by atoms with Gasteiger partial charge < -0.3 is 9.67 Å². The number of aromatic nitrogens is 1. The summed E-state index contributed by atoms with van der Waals surface area (Å²) in [5.41, 5.74) is 1.27. The quantitative estimate of drug-likeness (QED) is 0.830. The normalized spacial score (nSPS) is 17.1. The molecule has 1 aromatic carbocycles. The predicted molar refractivity (Wildman–Crippen MR) is 96.2 cm³/mol. The maximum Gasteiger partial charge on any atom is 0.312 e. The van der Waals surface area contributed by atoms with Crippen molar-refractivity contribution in [3.8, 4) is 0 Å². The number of fused-ring (bicyclic) bond motifs is 1. The zero-order valence-corrected chi connectivity index (χ0v) is 15.7. The molecule has 1 aromatic heterocycles. The van der Waals surface area contributed by atoms with E-state index in [1.54, 1.807) is 49.6 Å². The SMILES string of the molecule is CC(C)(C)S(=O)(=O)c1cccc(C(=O)c2ccc3n2CCC3C(=O)O)c1. The smallest absolute Gasteiger partial charge is 0.312 e. The summed E-state index contributed by atoms with van der Waals surface area (Å²) in [4.78, 5) is 24.3. The van der Waals surface area contributed by atoms with Crippen molar-refractivity contribution in [3.63, 3.8) is 0 Å². The molecule has 0 fully saturated rings. The number of rotatable bonds is 4. The molecule has 0 spiro atoms. The van der Waals surface area contributed by atoms with E-state index in [-0.39, 0.29) is 16.2 Å². The summed E-state index contributed by atoms with van der Waals surface area (Å²) in [6, 6.07) is 9.28. The molecule has 2 heterocycles. The second-order valence-corrected chi connectivity index (χ2v) is 10.2. The number of carbonyl (C=O) groups is 2. The molecule has 1 aliphatic rings. The van der Waals surface area contributed by atoms with Gasteiger partial charge in [0.05, 0.1) is 21.3 Å². The van der Waals surface area contributed by atoms with Crippen molar-refractivity contribution in [2.45, 2.75) is 49.3 Å². The molecule has 0 aliphatic carbocycles. The van der Waals surface area contributed by atoms with Gasteiger partial charge in [0.25, 0.3) is 0 Å². The van der Waals surface area contributed by atoms with Gasteiger partial charge in [0.2, 0.25) is 5.78 Å². The lowest BCUT2D eigenvalue weighted by molar-refractivity contribution is -0.138. The van der Waals surface area contributed by atoms with Crippen LogP contribution in [0.2, 0.25) is 0 Å². The van der Waals surface area contributed by atoms with Crippen LogP contribution >= 0.6 is 0 Å². The number of carbonyl (C=O) groups excluding carboxylic acids is 1. The molecule has 6 nitrogen and oxygen atoms in total. The Bertz CT molecular complexity index is 995. The van der Waals surface area contributed by atoms with E-state index in [2.05, 4.69) is 0 Å². The average molecular weight is 375 g/mol. The third-order valence-corrected chi connectivity index (χ3v) is 7.24. The molecule has 0 radical (unpaired) electrons. The molecule has 7 heteroatoms. The third kappa shape index (κ3) is 2.86. The van der Waals surface area contributed by atoms with Crippen LogP contribution in [-0.2, 0) is 21.2 Å². The van der Waals surface area contributed by atoms with Crippen molar-refractivity contribution in [1.29, 1.82) is 0 Å². The zero-order chi connectivity index (χ0) is 19.3. The largest absolute Gasteiger partial charge is 0.481 e. The third-order valence-electron chi connectivity index (χ3n) is 4.76. The number of benzene rings is 1. The summed E-state index contributed by atoms with van der Waals surface area (Å²) in [5, 5.41) is 9.26. The molecule has 1 unspecified atom stereocenters. The minimum Gasteiger partial charge on any atom is -0.481 e. The molecule has 26 heavy (non-hydrogen) atoms. The first-order valence-corrected chi connectivity index (χ1v) is 9.84. The highest BCUT2D eigenvalue weighted by Crippen LogP contribution is 2.32. The number of aliphatic carboxylic acids is 1. The van der Waals surface area contributed by atoms with Crippen molar-refractivity contribution < 1.29 is 23.1 Å². The second kappa shape index (κ2) is 6.09. The Morgan fingerprint density at radius 2 is 1.85 bits per heavy atom. The monoisotopic (exact) mass is 375 g/mol. The van der Waals surface area contributed by atoms with Gasteiger partial charge in [0, 0.05) is 17.8 Å². The Morgan fingerprint density at radius 3 is 2.46 bits per heavy atom. The number of sulfone groups is 1. The summed E-state index contributed by atoms with van der Waals surface area (Å²) in [7, 11) is -3.57. The summed E-state index contributed by atoms with van der Waals surface area (Å²) in [5.74, 6) is -1.82. The number of nitrogens with zero attached hydrogens (tertiary/aromatic N) is 1. The standard InChI is InChI=1S/C19H21NO5S/c1-19(2,3)26(24,25)13-6-4-5-12(11-13)17(21)16-8-7-15-14(18(22)23)9-10-20(15)16/h4-8,11,14H,9-10H2,1-3H3,(H,22,23). The van der Waals surface area contributed by atoms with Crippen LogP contribution < -0.4 is 0 Å². The molecule has 0 amide bonds. The lowest BCUT2D eigenvalue weighted by Gasteiger charge is -2.19. The number of carboxylic acid groups (broad SMARTS) is 1. The van der Waals surface area contributed by atoms with E-state index in [1.165, 1.54) is 12.1 Å². The van der Waals surface area contributed by atoms with E-state index < -0.39 is 26.5 Å². The van der Waals surface area contributed by atoms with Crippen LogP contribution in [-0.4, -0.2) is 34.6 Å². The molecule has 1 N–H and O–H groups in total. The number of carboxylic acids is 1. The number of hydrogen-bond donors (Lipinski definition) is 1. The molecule has 3 rings (SSSR count). The van der Waals surface area contributed by atoms with E-state index in [4.69, 9.17) is 0 Å². The lowest BCUT2D eigenvalue weighted by atomic mass is 10.1. The molecule has 2 aromatic rings. The highest BCUT2D eigenvalue weighted by Gasteiger charge is 2.33. The van der Waals surface area contributed by atoms with Gasteiger partial charge in [-0.05, 0) is 51.5 Å². The molecular weight excluding hydrogens is 354 g/mol. The van der Waals surface area contributed by atoms with Gasteiger partial charge in [0.1, 0.15) is 0 Å². The van der Waals surface area contributed by atoms with Gasteiger partial charge in [-0.2, -0.15) is 0 Å². The first-order chi connectivity index (χ1) is 12.0. The number of ketones is 1. The van der Waals surface area contributed by atoms with Crippen molar-refractivity contribution in [2.75, 3.05) is 0 Å². The highest BCUT2D eigenvalue weighted by atomic mass is 32.2. The summed E-state index contributed by atoms with van der Waals surface area (Å²) >= 11 is 0. The van der Waals surface area contributed by atoms with E-state index >= 15 is 0 Å². The van der Waals surface area contributed by atoms with Crippen LogP contribution in [0.15, 0.2) is 41.3 Å². The van der Waals surface area contributed by atoms with Crippen LogP contribution in [0.1, 0.15) is 54.9 Å². The van der Waals surface area contributed by atoms with Crippen LogP contribution in [0.3, 0.4) is 0 Å². The van der Waals surface area contributed by atoms with Crippen LogP contribution in [0.25, 0.3) is 0 Å². The van der Waals surface area contributed by atoms with E-state index in [0.717, 1.165) is 0 Å².